The Balaban J connectivity index is 1.86. The van der Waals surface area contributed by atoms with E-state index < -0.39 is 8.53 Å². The van der Waals surface area contributed by atoms with E-state index >= 15 is 0 Å². The highest BCUT2D eigenvalue weighted by Gasteiger charge is 2.42. The molecule has 0 aromatic heterocycles. The van der Waals surface area contributed by atoms with Crippen LogP contribution in [0.2, 0.25) is 0 Å². The lowest BCUT2D eigenvalue weighted by molar-refractivity contribution is 0.211. The van der Waals surface area contributed by atoms with Crippen molar-refractivity contribution in [3.05, 3.63) is 29.3 Å². The molecule has 0 radical (unpaired) electrons. The molecule has 1 aromatic carbocycles. The summed E-state index contributed by atoms with van der Waals surface area (Å²) in [4.78, 5) is 0. The Bertz CT molecular complexity index is 802. The minimum absolute atomic E-state index is 0.00661. The van der Waals surface area contributed by atoms with Crippen molar-refractivity contribution in [2.24, 2.45) is 0 Å². The van der Waals surface area contributed by atoms with Gasteiger partial charge in [0.2, 0.25) is 0 Å². The molecule has 0 saturated carbocycles. The molecule has 0 amide bonds. The maximum absolute atomic E-state index is 6.75. The van der Waals surface area contributed by atoms with Crippen LogP contribution in [0.15, 0.2) is 18.2 Å². The first-order valence-electron chi connectivity index (χ1n) is 15.8. The second-order valence-electron chi connectivity index (χ2n) is 14.7. The number of nitrogens with zero attached hydrogens (tertiary/aromatic N) is 1. The first-order chi connectivity index (χ1) is 17.7. The van der Waals surface area contributed by atoms with E-state index in [1.807, 2.05) is 0 Å². The van der Waals surface area contributed by atoms with E-state index in [0.29, 0.717) is 0 Å². The van der Waals surface area contributed by atoms with Gasteiger partial charge in [0.1, 0.15) is 5.75 Å². The minimum Gasteiger partial charge on any atom is -0.435 e. The quantitative estimate of drug-likeness (QED) is 0.161. The fourth-order valence-corrected chi connectivity index (χ4v) is 6.99. The number of rotatable bonds is 15. The molecule has 0 aliphatic carbocycles. The number of unbranched alkanes of at least 4 members (excludes halogenated alkanes) is 11. The van der Waals surface area contributed by atoms with E-state index in [9.17, 15) is 0 Å². The van der Waals surface area contributed by atoms with E-state index in [1.54, 1.807) is 0 Å². The molecule has 1 saturated heterocycles. The van der Waals surface area contributed by atoms with Crippen molar-refractivity contribution in [1.29, 1.82) is 0 Å². The van der Waals surface area contributed by atoms with Crippen molar-refractivity contribution < 1.29 is 9.05 Å². The molecular formula is C34H62NO2P. The van der Waals surface area contributed by atoms with Crippen molar-refractivity contribution in [1.82, 2.24) is 4.67 Å². The van der Waals surface area contributed by atoms with Crippen molar-refractivity contribution in [2.75, 3.05) is 6.54 Å². The summed E-state index contributed by atoms with van der Waals surface area (Å²) in [6.45, 7) is 23.8. The van der Waals surface area contributed by atoms with Crippen LogP contribution in [0.3, 0.4) is 0 Å². The summed E-state index contributed by atoms with van der Waals surface area (Å²) >= 11 is 0. The van der Waals surface area contributed by atoms with Gasteiger partial charge in [-0.1, -0.05) is 138 Å². The van der Waals surface area contributed by atoms with Crippen molar-refractivity contribution in [3.63, 3.8) is 0 Å². The highest BCUT2D eigenvalue weighted by atomic mass is 31.2. The van der Waals surface area contributed by atoms with Crippen LogP contribution < -0.4 is 4.52 Å². The zero-order valence-electron chi connectivity index (χ0n) is 26.9. The van der Waals surface area contributed by atoms with Crippen LogP contribution >= 0.6 is 8.53 Å². The summed E-state index contributed by atoms with van der Waals surface area (Å²) in [5.74, 6) is 0.983. The maximum Gasteiger partial charge on any atom is 0.321 e. The molecule has 4 heteroatoms. The molecular weight excluding hydrogens is 485 g/mol. The predicted molar refractivity (Wildman–Crippen MR) is 168 cm³/mol. The average Bonchev–Trinajstić information content (AvgIpc) is 3.21. The third-order valence-electron chi connectivity index (χ3n) is 7.80. The Hall–Kier alpha value is -0.630. The first-order valence-corrected chi connectivity index (χ1v) is 16.9. The first kappa shape index (κ1) is 33.6. The van der Waals surface area contributed by atoms with Gasteiger partial charge in [0, 0.05) is 17.6 Å². The molecule has 1 aromatic rings. The van der Waals surface area contributed by atoms with Gasteiger partial charge in [-0.2, -0.15) is 0 Å². The molecule has 0 spiro atoms. The fourth-order valence-electron chi connectivity index (χ4n) is 5.17. The lowest BCUT2D eigenvalue weighted by Crippen LogP contribution is -2.37. The van der Waals surface area contributed by atoms with E-state index in [-0.39, 0.29) is 22.5 Å². The summed E-state index contributed by atoms with van der Waals surface area (Å²) in [6, 6.07) is 6.78. The molecule has 1 aliphatic heterocycles. The van der Waals surface area contributed by atoms with Crippen LogP contribution in [0.4, 0.5) is 0 Å². The molecule has 1 aliphatic rings. The van der Waals surface area contributed by atoms with Crippen molar-refractivity contribution in [3.8, 4) is 5.75 Å². The molecule has 38 heavy (non-hydrogen) atoms. The summed E-state index contributed by atoms with van der Waals surface area (Å²) in [7, 11) is -1.12. The van der Waals surface area contributed by atoms with Gasteiger partial charge in [-0.15, -0.1) is 0 Å². The van der Waals surface area contributed by atoms with E-state index in [0.717, 1.165) is 18.7 Å². The van der Waals surface area contributed by atoms with Crippen molar-refractivity contribution in [2.45, 2.75) is 175 Å². The number of benzene rings is 1. The van der Waals surface area contributed by atoms with Gasteiger partial charge >= 0.3 is 8.53 Å². The highest BCUT2D eigenvalue weighted by molar-refractivity contribution is 7.45. The maximum atomic E-state index is 6.75. The molecule has 2 rings (SSSR count). The fraction of sp³-hybridized carbons (Fsp3) is 0.824. The van der Waals surface area contributed by atoms with Crippen LogP contribution in [-0.4, -0.2) is 22.9 Å². The van der Waals surface area contributed by atoms with Crippen LogP contribution in [-0.2, 0) is 15.4 Å². The molecule has 3 nitrogen and oxygen atoms in total. The third-order valence-corrected chi connectivity index (χ3v) is 9.79. The lowest BCUT2D eigenvalue weighted by Gasteiger charge is -2.34. The van der Waals surface area contributed by atoms with Crippen LogP contribution in [0, 0.1) is 0 Å². The predicted octanol–water partition coefficient (Wildman–Crippen LogP) is 11.5. The molecule has 220 valence electrons. The van der Waals surface area contributed by atoms with Gasteiger partial charge < -0.3 is 9.05 Å². The van der Waals surface area contributed by atoms with Gasteiger partial charge in [0.05, 0.1) is 6.10 Å². The Morgan fingerprint density at radius 2 is 1.29 bits per heavy atom. The summed E-state index contributed by atoms with van der Waals surface area (Å²) in [5, 5.41) is 0. The van der Waals surface area contributed by atoms with Gasteiger partial charge in [0.15, 0.2) is 0 Å². The zero-order chi connectivity index (χ0) is 28.4. The second-order valence-corrected chi connectivity index (χ2v) is 16.1. The monoisotopic (exact) mass is 547 g/mol. The van der Waals surface area contributed by atoms with E-state index in [1.165, 1.54) is 88.2 Å². The SMILES string of the molecule is CCCCCCCCCCCCCCC1CN(C(C)(C)C)P(Oc2ccc(C(C)(C)C)cc2C(C)(C)C)O1. The third kappa shape index (κ3) is 11.5. The molecule has 0 N–H and O–H groups in total. The van der Waals surface area contributed by atoms with Crippen LogP contribution in [0.5, 0.6) is 5.75 Å². The standard InChI is InChI=1S/C34H62NO2P/c1-11-12-13-14-15-16-17-18-19-20-21-22-23-29-27-35(34(8,9)10)38(36-29)37-31-25-24-28(32(2,3)4)26-30(31)33(5,6)7/h24-26,29H,11-23,27H2,1-10H3. The second kappa shape index (κ2) is 15.4. The van der Waals surface area contributed by atoms with E-state index in [4.69, 9.17) is 9.05 Å². The largest absolute Gasteiger partial charge is 0.435 e. The molecule has 0 bridgehead atoms. The zero-order valence-corrected chi connectivity index (χ0v) is 27.8. The number of hydrogen-bond donors (Lipinski definition) is 0. The number of hydrogen-bond acceptors (Lipinski definition) is 3. The molecule has 1 fully saturated rings. The van der Waals surface area contributed by atoms with Crippen molar-refractivity contribution >= 4 is 8.53 Å². The van der Waals surface area contributed by atoms with Gasteiger partial charge in [-0.25, -0.2) is 4.67 Å². The topological polar surface area (TPSA) is 21.7 Å². The normalized spacial score (nSPS) is 19.3. The average molecular weight is 548 g/mol. The molecule has 2 atom stereocenters. The van der Waals surface area contributed by atoms with E-state index in [2.05, 4.69) is 92.1 Å². The van der Waals surface area contributed by atoms with Crippen LogP contribution in [0.1, 0.15) is 164 Å². The minimum atomic E-state index is -1.12. The van der Waals surface area contributed by atoms with Crippen LogP contribution in [0.25, 0.3) is 0 Å². The smallest absolute Gasteiger partial charge is 0.321 e. The highest BCUT2D eigenvalue weighted by Crippen LogP contribution is 2.55. The Morgan fingerprint density at radius 1 is 0.763 bits per heavy atom. The lowest BCUT2D eigenvalue weighted by atomic mass is 9.80. The van der Waals surface area contributed by atoms with Gasteiger partial charge in [0.25, 0.3) is 0 Å². The molecule has 2 unspecified atom stereocenters. The Morgan fingerprint density at radius 3 is 1.76 bits per heavy atom. The molecule has 1 heterocycles. The van der Waals surface area contributed by atoms with Gasteiger partial charge in [-0.05, 0) is 49.7 Å². The summed E-state index contributed by atoms with van der Waals surface area (Å²) in [5.41, 5.74) is 2.77. The Kier molecular flexibility index (Phi) is 13.6. The van der Waals surface area contributed by atoms with Gasteiger partial charge in [-0.3, -0.25) is 0 Å². The summed E-state index contributed by atoms with van der Waals surface area (Å²) < 4.78 is 15.9. The Labute approximate surface area is 238 Å². The summed E-state index contributed by atoms with van der Waals surface area (Å²) in [6.07, 6.45) is 18.1.